The van der Waals surface area contributed by atoms with Crippen LogP contribution in [-0.4, -0.2) is 27.7 Å². The summed E-state index contributed by atoms with van der Waals surface area (Å²) in [6.07, 6.45) is 1.81. The number of carbonyl (C=O) groups excluding carboxylic acids is 1. The standard InChI is InChI=1S/C29H37N5O2S/c1-17(2)33-18(3)15-21(19(33)4)26-25(23-11-9-10-14-30-23)32-28(37)34(26)20-12-13-22(24(16-20)36-8)31-27(35)29(5,6)7/h9-17,25-26H,1-8H3,(H,31,35)(H,32,37)/t25-,26+/m1/s1. The van der Waals surface area contributed by atoms with Crippen molar-refractivity contribution in [3.8, 4) is 5.75 Å². The fourth-order valence-electron chi connectivity index (χ4n) is 5.09. The number of nitrogens with zero attached hydrogens (tertiary/aromatic N) is 3. The second kappa shape index (κ2) is 10.2. The summed E-state index contributed by atoms with van der Waals surface area (Å²) in [5, 5.41) is 7.14. The van der Waals surface area contributed by atoms with Gasteiger partial charge in [0.1, 0.15) is 5.75 Å². The third-order valence-corrected chi connectivity index (χ3v) is 7.16. The number of rotatable bonds is 6. The van der Waals surface area contributed by atoms with Gasteiger partial charge in [-0.25, -0.2) is 0 Å². The van der Waals surface area contributed by atoms with E-state index in [1.165, 1.54) is 17.0 Å². The molecule has 1 saturated heterocycles. The summed E-state index contributed by atoms with van der Waals surface area (Å²) >= 11 is 5.91. The molecule has 0 bridgehead atoms. The van der Waals surface area contributed by atoms with E-state index in [-0.39, 0.29) is 18.0 Å². The topological polar surface area (TPSA) is 71.4 Å². The van der Waals surface area contributed by atoms with Crippen LogP contribution in [0.15, 0.2) is 48.7 Å². The molecule has 2 N–H and O–H groups in total. The van der Waals surface area contributed by atoms with E-state index in [2.05, 4.69) is 58.8 Å². The van der Waals surface area contributed by atoms with Crippen LogP contribution in [-0.2, 0) is 4.79 Å². The third kappa shape index (κ3) is 5.07. The smallest absolute Gasteiger partial charge is 0.229 e. The summed E-state index contributed by atoms with van der Waals surface area (Å²) in [7, 11) is 1.61. The summed E-state index contributed by atoms with van der Waals surface area (Å²) in [5.74, 6) is 0.497. The number of methoxy groups -OCH3 is 1. The number of nitrogens with one attached hydrogen (secondary N) is 2. The predicted molar refractivity (Wildman–Crippen MR) is 153 cm³/mol. The Bertz CT molecular complexity index is 1310. The number of amides is 1. The lowest BCUT2D eigenvalue weighted by molar-refractivity contribution is -0.123. The lowest BCUT2D eigenvalue weighted by Gasteiger charge is -2.29. The number of thiocarbonyl (C=S) groups is 1. The maximum atomic E-state index is 12.6. The van der Waals surface area contributed by atoms with E-state index in [0.717, 1.165) is 11.4 Å². The SMILES string of the molecule is COc1cc(N2C(=S)N[C@H](c3ccccn3)[C@@H]2c2cc(C)n(C(C)C)c2C)ccc1NC(=O)C(C)(C)C. The summed E-state index contributed by atoms with van der Waals surface area (Å²) < 4.78 is 8.06. The normalized spacial score (nSPS) is 17.8. The molecule has 7 nitrogen and oxygen atoms in total. The van der Waals surface area contributed by atoms with Crippen LogP contribution < -0.4 is 20.3 Å². The third-order valence-electron chi connectivity index (χ3n) is 6.85. The Morgan fingerprint density at radius 1 is 1.16 bits per heavy atom. The predicted octanol–water partition coefficient (Wildman–Crippen LogP) is 6.25. The largest absolute Gasteiger partial charge is 0.494 e. The van der Waals surface area contributed by atoms with Crippen molar-refractivity contribution >= 4 is 34.6 Å². The number of aryl methyl sites for hydroxylation is 1. The Labute approximate surface area is 225 Å². The van der Waals surface area contributed by atoms with E-state index >= 15 is 0 Å². The van der Waals surface area contributed by atoms with Crippen molar-refractivity contribution in [2.75, 3.05) is 17.3 Å². The van der Waals surface area contributed by atoms with E-state index in [1.54, 1.807) is 7.11 Å². The molecule has 0 saturated carbocycles. The lowest BCUT2D eigenvalue weighted by atomic mass is 9.95. The fourth-order valence-corrected chi connectivity index (χ4v) is 5.43. The lowest BCUT2D eigenvalue weighted by Crippen LogP contribution is -2.30. The highest BCUT2D eigenvalue weighted by atomic mass is 32.1. The zero-order valence-corrected chi connectivity index (χ0v) is 23.7. The Balaban J connectivity index is 1.83. The van der Waals surface area contributed by atoms with Crippen LogP contribution in [0.4, 0.5) is 11.4 Å². The van der Waals surface area contributed by atoms with Gasteiger partial charge in [0.05, 0.1) is 30.6 Å². The molecule has 1 fully saturated rings. The second-order valence-electron chi connectivity index (χ2n) is 10.9. The van der Waals surface area contributed by atoms with E-state index in [0.29, 0.717) is 22.6 Å². The first-order valence-corrected chi connectivity index (χ1v) is 13.0. The average molecular weight is 520 g/mol. The van der Waals surface area contributed by atoms with Gasteiger partial charge in [0.15, 0.2) is 5.11 Å². The number of carbonyl (C=O) groups is 1. The van der Waals surface area contributed by atoms with Gasteiger partial charge < -0.3 is 24.8 Å². The molecule has 1 aliphatic rings. The van der Waals surface area contributed by atoms with Crippen LogP contribution in [0.25, 0.3) is 0 Å². The molecule has 0 aliphatic carbocycles. The number of pyridine rings is 1. The Morgan fingerprint density at radius 2 is 1.89 bits per heavy atom. The second-order valence-corrected chi connectivity index (χ2v) is 11.3. The van der Waals surface area contributed by atoms with Gasteiger partial charge in [-0.05, 0) is 75.8 Å². The first kappa shape index (κ1) is 26.7. The van der Waals surface area contributed by atoms with Crippen LogP contribution in [0, 0.1) is 19.3 Å². The summed E-state index contributed by atoms with van der Waals surface area (Å²) in [6, 6.07) is 14.1. The summed E-state index contributed by atoms with van der Waals surface area (Å²) in [6.45, 7) is 14.4. The first-order valence-electron chi connectivity index (χ1n) is 12.6. The van der Waals surface area contributed by atoms with Crippen LogP contribution in [0.5, 0.6) is 5.75 Å². The molecule has 3 heterocycles. The van der Waals surface area contributed by atoms with Gasteiger partial charge in [-0.3, -0.25) is 9.78 Å². The summed E-state index contributed by atoms with van der Waals surface area (Å²) in [5.41, 5.74) is 5.50. The number of anilines is 2. The number of benzene rings is 1. The molecule has 8 heteroatoms. The molecule has 0 spiro atoms. The maximum absolute atomic E-state index is 12.6. The highest BCUT2D eigenvalue weighted by Crippen LogP contribution is 2.45. The van der Waals surface area contributed by atoms with E-state index in [4.69, 9.17) is 17.0 Å². The highest BCUT2D eigenvalue weighted by molar-refractivity contribution is 7.80. The monoisotopic (exact) mass is 519 g/mol. The Morgan fingerprint density at radius 3 is 2.46 bits per heavy atom. The van der Waals surface area contributed by atoms with Gasteiger partial charge in [-0.2, -0.15) is 0 Å². The molecule has 0 unspecified atom stereocenters. The maximum Gasteiger partial charge on any atom is 0.229 e. The zero-order chi connectivity index (χ0) is 27.1. The van der Waals surface area contributed by atoms with Crippen LogP contribution in [0.1, 0.15) is 75.4 Å². The molecule has 4 rings (SSSR count). The van der Waals surface area contributed by atoms with Gasteiger partial charge in [0, 0.05) is 40.8 Å². The molecule has 2 aromatic heterocycles. The van der Waals surface area contributed by atoms with Crippen molar-refractivity contribution in [2.24, 2.45) is 5.41 Å². The summed E-state index contributed by atoms with van der Waals surface area (Å²) in [4.78, 5) is 19.4. The van der Waals surface area contributed by atoms with Gasteiger partial charge in [0.25, 0.3) is 0 Å². The van der Waals surface area contributed by atoms with Gasteiger partial charge in [-0.1, -0.05) is 26.8 Å². The van der Waals surface area contributed by atoms with E-state index < -0.39 is 5.41 Å². The number of hydrogen-bond donors (Lipinski definition) is 2. The van der Waals surface area contributed by atoms with Gasteiger partial charge in [0.2, 0.25) is 5.91 Å². The van der Waals surface area contributed by atoms with Crippen LogP contribution in [0.3, 0.4) is 0 Å². The van der Waals surface area contributed by atoms with Gasteiger partial charge >= 0.3 is 0 Å². The highest BCUT2D eigenvalue weighted by Gasteiger charge is 2.42. The van der Waals surface area contributed by atoms with Crippen molar-refractivity contribution < 1.29 is 9.53 Å². The minimum absolute atomic E-state index is 0.0777. The van der Waals surface area contributed by atoms with Crippen molar-refractivity contribution in [2.45, 2.75) is 66.6 Å². The molecule has 0 radical (unpaired) electrons. The molecular weight excluding hydrogens is 482 g/mol. The molecule has 3 aromatic rings. The Hall–Kier alpha value is -3.39. The number of hydrogen-bond acceptors (Lipinski definition) is 4. The zero-order valence-electron chi connectivity index (χ0n) is 22.9. The number of ether oxygens (including phenoxy) is 1. The minimum Gasteiger partial charge on any atom is -0.494 e. The fraction of sp³-hybridized carbons (Fsp3) is 0.414. The van der Waals surface area contributed by atoms with Crippen LogP contribution >= 0.6 is 12.2 Å². The molecule has 1 aromatic carbocycles. The first-order chi connectivity index (χ1) is 17.4. The Kier molecular flexibility index (Phi) is 7.33. The number of aromatic nitrogens is 2. The van der Waals surface area contributed by atoms with Crippen molar-refractivity contribution in [3.05, 3.63) is 71.3 Å². The van der Waals surface area contributed by atoms with E-state index in [1.807, 2.05) is 63.4 Å². The quantitative estimate of drug-likeness (QED) is 0.375. The molecule has 2 atom stereocenters. The average Bonchev–Trinajstić information content (AvgIpc) is 3.34. The van der Waals surface area contributed by atoms with Gasteiger partial charge in [-0.15, -0.1) is 0 Å². The molecule has 196 valence electrons. The molecule has 1 amide bonds. The van der Waals surface area contributed by atoms with Crippen molar-refractivity contribution in [1.29, 1.82) is 0 Å². The van der Waals surface area contributed by atoms with Crippen molar-refractivity contribution in [1.82, 2.24) is 14.9 Å². The van der Waals surface area contributed by atoms with Crippen LogP contribution in [0.2, 0.25) is 0 Å². The van der Waals surface area contributed by atoms with E-state index in [9.17, 15) is 4.79 Å². The molecule has 1 aliphatic heterocycles. The minimum atomic E-state index is -0.524. The van der Waals surface area contributed by atoms with Crippen molar-refractivity contribution in [3.63, 3.8) is 0 Å². The molecular formula is C29H37N5O2S. The molecule has 37 heavy (non-hydrogen) atoms.